The maximum absolute atomic E-state index is 13.3. The van der Waals surface area contributed by atoms with Crippen LogP contribution in [0.5, 0.6) is 5.75 Å². The van der Waals surface area contributed by atoms with E-state index in [0.717, 1.165) is 12.0 Å². The molecule has 1 aliphatic rings. The molecule has 4 rings (SSSR count). The maximum atomic E-state index is 13.3. The zero-order chi connectivity index (χ0) is 21.8. The van der Waals surface area contributed by atoms with E-state index >= 15 is 0 Å². The van der Waals surface area contributed by atoms with Crippen molar-refractivity contribution in [3.05, 3.63) is 95.1 Å². The lowest BCUT2D eigenvalue weighted by molar-refractivity contribution is 0.0792. The summed E-state index contributed by atoms with van der Waals surface area (Å²) in [6.45, 7) is 3.27. The van der Waals surface area contributed by atoms with Crippen LogP contribution in [0.15, 0.2) is 72.8 Å². The molecule has 1 N–H and O–H groups in total. The van der Waals surface area contributed by atoms with Gasteiger partial charge in [-0.2, -0.15) is 0 Å². The summed E-state index contributed by atoms with van der Waals surface area (Å²) in [5.41, 5.74) is 3.57. The van der Waals surface area contributed by atoms with Crippen molar-refractivity contribution < 1.29 is 14.3 Å². The molecular formula is C26H26N2O3. The maximum Gasteiger partial charge on any atom is 0.259 e. The summed E-state index contributed by atoms with van der Waals surface area (Å²) in [7, 11) is 1.55. The average molecular weight is 415 g/mol. The minimum atomic E-state index is -0.301. The number of aryl methyl sites for hydroxylation is 1. The van der Waals surface area contributed by atoms with E-state index in [2.05, 4.69) is 17.4 Å². The van der Waals surface area contributed by atoms with Crippen molar-refractivity contribution >= 4 is 17.5 Å². The fourth-order valence-electron chi connectivity index (χ4n) is 4.18. The van der Waals surface area contributed by atoms with Crippen molar-refractivity contribution in [3.8, 4) is 5.75 Å². The molecule has 1 atom stereocenters. The Morgan fingerprint density at radius 3 is 2.42 bits per heavy atom. The number of amides is 2. The summed E-state index contributed by atoms with van der Waals surface area (Å²) in [6.07, 6.45) is 0.935. The van der Waals surface area contributed by atoms with Gasteiger partial charge in [-0.05, 0) is 42.7 Å². The molecule has 1 heterocycles. The molecule has 0 aromatic heterocycles. The third-order valence-electron chi connectivity index (χ3n) is 5.81. The van der Waals surface area contributed by atoms with Crippen LogP contribution in [0.2, 0.25) is 0 Å². The largest absolute Gasteiger partial charge is 0.496 e. The number of benzene rings is 3. The van der Waals surface area contributed by atoms with Gasteiger partial charge >= 0.3 is 0 Å². The molecule has 5 nitrogen and oxygen atoms in total. The first-order valence-corrected chi connectivity index (χ1v) is 10.5. The van der Waals surface area contributed by atoms with Crippen molar-refractivity contribution in [1.29, 1.82) is 0 Å². The Morgan fingerprint density at radius 2 is 1.65 bits per heavy atom. The fraction of sp³-hybridized carbons (Fsp3) is 0.231. The predicted octanol–water partition coefficient (Wildman–Crippen LogP) is 4.89. The number of para-hydroxylation sites is 2. The first kappa shape index (κ1) is 20.7. The van der Waals surface area contributed by atoms with Crippen molar-refractivity contribution in [1.82, 2.24) is 4.90 Å². The number of carbonyl (C=O) groups excluding carboxylic acids is 2. The molecule has 1 unspecified atom stereocenters. The number of carbonyl (C=O) groups is 2. The van der Waals surface area contributed by atoms with Gasteiger partial charge in [0.15, 0.2) is 0 Å². The highest BCUT2D eigenvalue weighted by Gasteiger charge is 2.29. The molecule has 2 amide bonds. The van der Waals surface area contributed by atoms with E-state index in [1.165, 1.54) is 5.56 Å². The highest BCUT2D eigenvalue weighted by atomic mass is 16.5. The van der Waals surface area contributed by atoms with E-state index in [1.54, 1.807) is 25.3 Å². The molecule has 0 aliphatic carbocycles. The number of nitrogens with zero attached hydrogens (tertiary/aromatic N) is 1. The number of likely N-dealkylation sites (tertiary alicyclic amines) is 1. The zero-order valence-corrected chi connectivity index (χ0v) is 17.8. The van der Waals surface area contributed by atoms with Crippen molar-refractivity contribution in [2.75, 3.05) is 25.5 Å². The number of ether oxygens (including phenoxy) is 1. The van der Waals surface area contributed by atoms with Crippen LogP contribution in [0.1, 0.15) is 44.2 Å². The van der Waals surface area contributed by atoms with Crippen LogP contribution in [0.4, 0.5) is 5.69 Å². The molecule has 1 aliphatic heterocycles. The molecule has 158 valence electrons. The molecule has 0 spiro atoms. The van der Waals surface area contributed by atoms with E-state index in [4.69, 9.17) is 4.74 Å². The van der Waals surface area contributed by atoms with Gasteiger partial charge in [-0.3, -0.25) is 9.59 Å². The highest BCUT2D eigenvalue weighted by Crippen LogP contribution is 2.30. The van der Waals surface area contributed by atoms with Crippen molar-refractivity contribution in [3.63, 3.8) is 0 Å². The minimum Gasteiger partial charge on any atom is -0.496 e. The summed E-state index contributed by atoms with van der Waals surface area (Å²) in [4.78, 5) is 28.1. The lowest BCUT2D eigenvalue weighted by Crippen LogP contribution is -2.29. The Kier molecular flexibility index (Phi) is 6.03. The monoisotopic (exact) mass is 414 g/mol. The molecule has 0 bridgehead atoms. The number of rotatable bonds is 5. The normalized spacial score (nSPS) is 15.5. The highest BCUT2D eigenvalue weighted by molar-refractivity contribution is 6.10. The number of anilines is 1. The predicted molar refractivity (Wildman–Crippen MR) is 122 cm³/mol. The third kappa shape index (κ3) is 4.31. The second-order valence-corrected chi connectivity index (χ2v) is 7.80. The second kappa shape index (κ2) is 9.04. The van der Waals surface area contributed by atoms with Crippen LogP contribution in [0.3, 0.4) is 0 Å². The molecule has 0 saturated carbocycles. The number of nitrogens with one attached hydrogen (secondary N) is 1. The van der Waals surface area contributed by atoms with Crippen LogP contribution >= 0.6 is 0 Å². The fourth-order valence-corrected chi connectivity index (χ4v) is 4.18. The summed E-state index contributed by atoms with van der Waals surface area (Å²) >= 11 is 0. The second-order valence-electron chi connectivity index (χ2n) is 7.80. The van der Waals surface area contributed by atoms with Crippen LogP contribution in [0.25, 0.3) is 0 Å². The van der Waals surface area contributed by atoms with E-state index < -0.39 is 0 Å². The molecule has 3 aromatic carbocycles. The van der Waals surface area contributed by atoms with Crippen LogP contribution < -0.4 is 10.1 Å². The molecule has 1 saturated heterocycles. The summed E-state index contributed by atoms with van der Waals surface area (Å²) in [5, 5.41) is 2.91. The first-order valence-electron chi connectivity index (χ1n) is 10.5. The number of hydrogen-bond acceptors (Lipinski definition) is 3. The molecule has 31 heavy (non-hydrogen) atoms. The van der Waals surface area contributed by atoms with E-state index in [1.807, 2.05) is 54.3 Å². The van der Waals surface area contributed by atoms with Gasteiger partial charge < -0.3 is 15.0 Å². The summed E-state index contributed by atoms with van der Waals surface area (Å²) < 4.78 is 5.41. The van der Waals surface area contributed by atoms with Gasteiger partial charge in [0.2, 0.25) is 0 Å². The summed E-state index contributed by atoms with van der Waals surface area (Å²) in [5.74, 6) is 0.507. The van der Waals surface area contributed by atoms with Gasteiger partial charge in [0, 0.05) is 19.0 Å². The van der Waals surface area contributed by atoms with Gasteiger partial charge in [-0.15, -0.1) is 0 Å². The van der Waals surface area contributed by atoms with E-state index in [0.29, 0.717) is 41.6 Å². The van der Waals surface area contributed by atoms with Crippen molar-refractivity contribution in [2.24, 2.45) is 0 Å². The van der Waals surface area contributed by atoms with E-state index in [-0.39, 0.29) is 11.8 Å². The number of methoxy groups -OCH3 is 1. The SMILES string of the molecule is COc1c(C)cccc1C(=O)Nc1ccccc1C(=O)N1CCC(c2ccccc2)C1. The minimum absolute atomic E-state index is 0.0643. The molecule has 1 fully saturated rings. The molecular weight excluding hydrogens is 388 g/mol. The lowest BCUT2D eigenvalue weighted by atomic mass is 9.99. The van der Waals surface area contributed by atoms with Crippen LogP contribution in [0, 0.1) is 6.92 Å². The lowest BCUT2D eigenvalue weighted by Gasteiger charge is -2.19. The van der Waals surface area contributed by atoms with Crippen molar-refractivity contribution in [2.45, 2.75) is 19.3 Å². The van der Waals surface area contributed by atoms with Gasteiger partial charge in [0.05, 0.1) is 23.9 Å². The Balaban J connectivity index is 1.53. The first-order chi connectivity index (χ1) is 15.1. The Bertz CT molecular complexity index is 1090. The zero-order valence-electron chi connectivity index (χ0n) is 17.8. The Hall–Kier alpha value is -3.60. The average Bonchev–Trinajstić information content (AvgIpc) is 3.30. The Labute approximate surface area is 182 Å². The van der Waals surface area contributed by atoms with Gasteiger partial charge in [-0.25, -0.2) is 0 Å². The standard InChI is InChI=1S/C26H26N2O3/c1-18-9-8-13-22(24(18)31-2)25(29)27-23-14-7-6-12-21(23)26(30)28-16-15-20(17-28)19-10-4-3-5-11-19/h3-14,20H,15-17H2,1-2H3,(H,27,29). The quantitative estimate of drug-likeness (QED) is 0.647. The van der Waals surface area contributed by atoms with Crippen LogP contribution in [-0.4, -0.2) is 36.9 Å². The van der Waals surface area contributed by atoms with Gasteiger partial charge in [-0.1, -0.05) is 54.6 Å². The molecule has 0 radical (unpaired) electrons. The topological polar surface area (TPSA) is 58.6 Å². The molecule has 3 aromatic rings. The van der Waals surface area contributed by atoms with Gasteiger partial charge in [0.25, 0.3) is 11.8 Å². The van der Waals surface area contributed by atoms with Gasteiger partial charge in [0.1, 0.15) is 5.75 Å². The third-order valence-corrected chi connectivity index (χ3v) is 5.81. The van der Waals surface area contributed by atoms with Crippen LogP contribution in [-0.2, 0) is 0 Å². The van der Waals surface area contributed by atoms with E-state index in [9.17, 15) is 9.59 Å². The molecule has 5 heteroatoms. The Morgan fingerprint density at radius 1 is 0.935 bits per heavy atom. The smallest absolute Gasteiger partial charge is 0.259 e. The number of hydrogen-bond donors (Lipinski definition) is 1. The summed E-state index contributed by atoms with van der Waals surface area (Å²) in [6, 6.07) is 22.9.